The van der Waals surface area contributed by atoms with Crippen molar-refractivity contribution in [2.75, 3.05) is 0 Å². The monoisotopic (exact) mass is 277 g/mol. The first-order chi connectivity index (χ1) is 11.8. The number of hydrogen-bond acceptors (Lipinski definition) is 1. The fourth-order valence-electron chi connectivity index (χ4n) is 2.38. The summed E-state index contributed by atoms with van der Waals surface area (Å²) in [6.45, 7) is -1.01. The van der Waals surface area contributed by atoms with E-state index in [4.69, 9.17) is 5.48 Å². The van der Waals surface area contributed by atoms with Crippen molar-refractivity contribution in [3.63, 3.8) is 0 Å². The average molecular weight is 277 g/mol. The quantitative estimate of drug-likeness (QED) is 0.612. The van der Waals surface area contributed by atoms with Gasteiger partial charge in [-0.3, -0.25) is 4.98 Å². The van der Waals surface area contributed by atoms with Crippen molar-refractivity contribution < 1.29 is 5.48 Å². The van der Waals surface area contributed by atoms with E-state index in [2.05, 4.69) is 4.98 Å². The molecule has 104 valence electrons. The van der Waals surface area contributed by atoms with Crippen molar-refractivity contribution >= 4 is 0 Å². The average Bonchev–Trinajstić information content (AvgIpc) is 2.62. The van der Waals surface area contributed by atoms with E-state index in [9.17, 15) is 0 Å². The molecule has 0 aliphatic rings. The van der Waals surface area contributed by atoms with Crippen molar-refractivity contribution in [2.24, 2.45) is 0 Å². The Bertz CT molecular complexity index is 856. The molecule has 0 N–H and O–H groups in total. The van der Waals surface area contributed by atoms with Crippen molar-refractivity contribution in [1.29, 1.82) is 0 Å². The third kappa shape index (κ3) is 2.87. The van der Waals surface area contributed by atoms with Gasteiger partial charge in [-0.2, -0.15) is 0 Å². The molecule has 0 fully saturated rings. The molecule has 1 nitrogen and oxygen atoms in total. The lowest BCUT2D eigenvalue weighted by Crippen LogP contribution is -1.96. The van der Waals surface area contributed by atoms with Gasteiger partial charge in [0.25, 0.3) is 0 Å². The van der Waals surface area contributed by atoms with Crippen LogP contribution in [0, 0.1) is 0 Å². The Morgan fingerprint density at radius 3 is 2.19 bits per heavy atom. The van der Waals surface area contributed by atoms with Crippen LogP contribution in [-0.2, 0) is 0 Å². The van der Waals surface area contributed by atoms with Gasteiger partial charge in [0.15, 0.2) is 0 Å². The highest BCUT2D eigenvalue weighted by molar-refractivity contribution is 5.71. The molecule has 0 aliphatic heterocycles. The van der Waals surface area contributed by atoms with Crippen LogP contribution >= 0.6 is 0 Å². The van der Waals surface area contributed by atoms with E-state index in [1.54, 1.807) is 12.3 Å². The molecule has 3 aromatic rings. The van der Waals surface area contributed by atoms with Crippen molar-refractivity contribution in [1.82, 2.24) is 4.98 Å². The summed E-state index contributed by atoms with van der Waals surface area (Å²) in [5, 5.41) is 0. The molecule has 0 spiro atoms. The Kier molecular flexibility index (Phi) is 2.68. The molecule has 0 saturated heterocycles. The number of hydrogen-bond donors (Lipinski definition) is 0. The highest BCUT2D eigenvalue weighted by atomic mass is 14.7. The molecule has 0 aliphatic carbocycles. The molecule has 0 saturated carbocycles. The molecule has 1 unspecified atom stereocenters. The van der Waals surface area contributed by atoms with Crippen LogP contribution in [0.1, 0.15) is 30.7 Å². The Labute approximate surface area is 131 Å². The van der Waals surface area contributed by atoms with Crippen LogP contribution in [-0.4, -0.2) is 4.98 Å². The van der Waals surface area contributed by atoms with E-state index < -0.39 is 12.7 Å². The molecule has 0 amide bonds. The van der Waals surface area contributed by atoms with Crippen molar-refractivity contribution in [2.45, 2.75) is 19.7 Å². The lowest BCUT2D eigenvalue weighted by atomic mass is 9.93. The normalized spacial score (nSPS) is 17.0. The molecular weight excluding hydrogens is 254 g/mol. The topological polar surface area (TPSA) is 12.9 Å². The van der Waals surface area contributed by atoms with Crippen LogP contribution in [0.15, 0.2) is 72.9 Å². The summed E-state index contributed by atoms with van der Waals surface area (Å²) in [5.41, 5.74) is 3.54. The molecule has 1 aromatic heterocycles. The van der Waals surface area contributed by atoms with Gasteiger partial charge in [0.05, 0.1) is 5.69 Å². The summed E-state index contributed by atoms with van der Waals surface area (Å²) in [5.74, 6) is -1.75. The second-order valence-corrected chi connectivity index (χ2v) is 4.97. The summed E-state index contributed by atoms with van der Waals surface area (Å²) in [6.07, 6.45) is 1.67. The Hall–Kier alpha value is -2.41. The van der Waals surface area contributed by atoms with Crippen LogP contribution in [0.3, 0.4) is 0 Å². The van der Waals surface area contributed by atoms with E-state index in [0.717, 1.165) is 11.1 Å². The summed E-state index contributed by atoms with van der Waals surface area (Å²) in [4.78, 5) is 4.51. The number of nitrogens with zero attached hydrogens (tertiary/aromatic N) is 1. The smallest absolute Gasteiger partial charge is 0.0705 e. The van der Waals surface area contributed by atoms with Gasteiger partial charge >= 0.3 is 0 Å². The third-order valence-corrected chi connectivity index (χ3v) is 3.46. The minimum Gasteiger partial charge on any atom is -0.256 e. The Balaban J connectivity index is 2.24. The van der Waals surface area contributed by atoms with Crippen LogP contribution in [0.4, 0.5) is 0 Å². The number of aromatic nitrogens is 1. The molecule has 2 aromatic carbocycles. The van der Waals surface area contributed by atoms with Gasteiger partial charge in [0, 0.05) is 22.8 Å². The maximum absolute atomic E-state index is 8.58. The zero-order valence-electron chi connectivity index (χ0n) is 15.9. The van der Waals surface area contributed by atoms with E-state index in [-0.39, 0.29) is 0 Å². The van der Waals surface area contributed by atoms with Crippen LogP contribution in [0.25, 0.3) is 22.4 Å². The lowest BCUT2D eigenvalue weighted by molar-refractivity contribution is 0.866. The third-order valence-electron chi connectivity index (χ3n) is 3.46. The Morgan fingerprint density at radius 2 is 1.57 bits per heavy atom. The number of rotatable bonds is 3. The predicted octanol–water partition coefficient (Wildman–Crippen LogP) is 5.54. The number of pyridine rings is 1. The molecule has 0 bridgehead atoms. The van der Waals surface area contributed by atoms with Gasteiger partial charge in [-0.25, -0.2) is 0 Å². The summed E-state index contributed by atoms with van der Waals surface area (Å²) >= 11 is 0. The molecule has 21 heavy (non-hydrogen) atoms. The van der Waals surface area contributed by atoms with Gasteiger partial charge in [-0.05, 0) is 23.1 Å². The number of benzene rings is 2. The van der Waals surface area contributed by atoms with E-state index in [1.165, 1.54) is 6.92 Å². The predicted molar refractivity (Wildman–Crippen MR) is 89.2 cm³/mol. The van der Waals surface area contributed by atoms with Gasteiger partial charge < -0.3 is 0 Å². The minimum atomic E-state index is -2.45. The molecule has 3 rings (SSSR count). The molecule has 1 heterocycles. The zero-order chi connectivity index (χ0) is 18.1. The van der Waals surface area contributed by atoms with Gasteiger partial charge in [-0.15, -0.1) is 0 Å². The highest BCUT2D eigenvalue weighted by Gasteiger charge is 2.11. The molecule has 1 heteroatoms. The standard InChI is InChI=1S/C20H19N/c1-15(2)18-13-20(17-11-7-4-8-12-17)21-14-19(18)16-9-5-3-6-10-16/h3-15H,1-2H3/i1D3,15D. The molecule has 0 radical (unpaired) electrons. The van der Waals surface area contributed by atoms with E-state index >= 15 is 0 Å². The first-order valence-corrected chi connectivity index (χ1v) is 6.92. The second kappa shape index (κ2) is 5.92. The maximum Gasteiger partial charge on any atom is 0.0705 e. The van der Waals surface area contributed by atoms with Crippen LogP contribution in [0.2, 0.25) is 0 Å². The van der Waals surface area contributed by atoms with E-state index in [1.807, 2.05) is 60.7 Å². The lowest BCUT2D eigenvalue weighted by Gasteiger charge is -2.14. The van der Waals surface area contributed by atoms with Crippen LogP contribution < -0.4 is 0 Å². The Morgan fingerprint density at radius 1 is 0.952 bits per heavy atom. The highest BCUT2D eigenvalue weighted by Crippen LogP contribution is 2.31. The minimum absolute atomic E-state index is 0.451. The van der Waals surface area contributed by atoms with Gasteiger partial charge in [0.2, 0.25) is 0 Å². The summed E-state index contributed by atoms with van der Waals surface area (Å²) in [7, 11) is 0. The van der Waals surface area contributed by atoms with Gasteiger partial charge in [0.1, 0.15) is 0 Å². The fourth-order valence-corrected chi connectivity index (χ4v) is 2.38. The van der Waals surface area contributed by atoms with Crippen molar-refractivity contribution in [3.05, 3.63) is 78.5 Å². The largest absolute Gasteiger partial charge is 0.256 e. The van der Waals surface area contributed by atoms with E-state index in [0.29, 0.717) is 16.8 Å². The molecule has 1 atom stereocenters. The summed E-state index contributed by atoms with van der Waals surface area (Å²) < 4.78 is 32.1. The van der Waals surface area contributed by atoms with Gasteiger partial charge in [-0.1, -0.05) is 74.4 Å². The first kappa shape index (κ1) is 9.51. The zero-order valence-corrected chi connectivity index (χ0v) is 11.9. The first-order valence-electron chi connectivity index (χ1n) is 8.92. The maximum atomic E-state index is 8.58. The fraction of sp³-hybridized carbons (Fsp3) is 0.150. The SMILES string of the molecule is [2H]C([2H])([2H])C([2H])(C)c1cc(-c2ccccc2)ncc1-c1ccccc1. The second-order valence-electron chi connectivity index (χ2n) is 4.97. The summed E-state index contributed by atoms with van der Waals surface area (Å²) in [6, 6.07) is 20.8. The van der Waals surface area contributed by atoms with Crippen LogP contribution in [0.5, 0.6) is 0 Å². The van der Waals surface area contributed by atoms with Crippen molar-refractivity contribution in [3.8, 4) is 22.4 Å². The molecular formula is C20H19N.